The second kappa shape index (κ2) is 7.40. The first-order valence-corrected chi connectivity index (χ1v) is 7.70. The highest BCUT2D eigenvalue weighted by molar-refractivity contribution is 7.99. The van der Waals surface area contributed by atoms with Gasteiger partial charge < -0.3 is 4.74 Å². The van der Waals surface area contributed by atoms with Crippen molar-refractivity contribution in [2.75, 3.05) is 12.4 Å². The number of hydrogen-bond donors (Lipinski definition) is 2. The third-order valence-corrected chi connectivity index (χ3v) is 4.58. The third-order valence-electron chi connectivity index (χ3n) is 3.24. The highest BCUT2D eigenvalue weighted by atomic mass is 32.2. The molecule has 0 atom stereocenters. The molecular formula is C14H20N2O2S. The fraction of sp³-hybridized carbons (Fsp3) is 0.500. The molecule has 1 aliphatic rings. The van der Waals surface area contributed by atoms with Crippen molar-refractivity contribution in [1.29, 1.82) is 0 Å². The van der Waals surface area contributed by atoms with Crippen molar-refractivity contribution >= 4 is 17.7 Å². The van der Waals surface area contributed by atoms with Gasteiger partial charge in [-0.1, -0.05) is 18.9 Å². The molecule has 1 saturated carbocycles. The first-order chi connectivity index (χ1) is 9.29. The lowest BCUT2D eigenvalue weighted by atomic mass is 10.2. The Balaban J connectivity index is 1.74. The molecule has 2 rings (SSSR count). The van der Waals surface area contributed by atoms with E-state index >= 15 is 0 Å². The van der Waals surface area contributed by atoms with E-state index in [0.29, 0.717) is 17.9 Å². The third kappa shape index (κ3) is 4.44. The molecule has 0 spiro atoms. The number of hydrogen-bond acceptors (Lipinski definition) is 4. The van der Waals surface area contributed by atoms with E-state index in [1.807, 2.05) is 17.8 Å². The topological polar surface area (TPSA) is 64.3 Å². The zero-order chi connectivity index (χ0) is 13.5. The quantitative estimate of drug-likeness (QED) is 0.363. The van der Waals surface area contributed by atoms with E-state index in [1.54, 1.807) is 18.2 Å². The van der Waals surface area contributed by atoms with Crippen molar-refractivity contribution in [3.05, 3.63) is 29.8 Å². The van der Waals surface area contributed by atoms with Crippen LogP contribution in [0.25, 0.3) is 0 Å². The summed E-state index contributed by atoms with van der Waals surface area (Å²) in [4.78, 5) is 11.4. The van der Waals surface area contributed by atoms with E-state index in [0.717, 1.165) is 11.0 Å². The normalized spacial score (nSPS) is 15.4. The Hall–Kier alpha value is -1.20. The Bertz CT molecular complexity index is 420. The van der Waals surface area contributed by atoms with Gasteiger partial charge in [0.05, 0.1) is 6.61 Å². The molecule has 0 heterocycles. The lowest BCUT2D eigenvalue weighted by Crippen LogP contribution is -2.29. The Morgan fingerprint density at radius 2 is 2.21 bits per heavy atom. The minimum atomic E-state index is -0.300. The molecule has 4 nitrogen and oxygen atoms in total. The van der Waals surface area contributed by atoms with Crippen LogP contribution in [-0.2, 0) is 0 Å². The SMILES string of the molecule is NNC(=O)c1cccc(OCCSC2CCCC2)c1. The van der Waals surface area contributed by atoms with Gasteiger partial charge >= 0.3 is 0 Å². The van der Waals surface area contributed by atoms with Crippen molar-refractivity contribution in [1.82, 2.24) is 5.43 Å². The summed E-state index contributed by atoms with van der Waals surface area (Å²) in [7, 11) is 0. The summed E-state index contributed by atoms with van der Waals surface area (Å²) in [6.07, 6.45) is 5.43. The van der Waals surface area contributed by atoms with Crippen LogP contribution in [-0.4, -0.2) is 23.5 Å². The van der Waals surface area contributed by atoms with E-state index in [-0.39, 0.29) is 5.91 Å². The first-order valence-electron chi connectivity index (χ1n) is 6.65. The number of nitrogen functional groups attached to an aromatic ring is 1. The van der Waals surface area contributed by atoms with Gasteiger partial charge in [0.1, 0.15) is 5.75 Å². The summed E-state index contributed by atoms with van der Waals surface area (Å²) in [6.45, 7) is 0.675. The van der Waals surface area contributed by atoms with Crippen molar-refractivity contribution in [3.63, 3.8) is 0 Å². The molecule has 0 aliphatic heterocycles. The fourth-order valence-electron chi connectivity index (χ4n) is 2.24. The predicted octanol–water partition coefficient (Wildman–Crippen LogP) is 2.34. The van der Waals surface area contributed by atoms with E-state index < -0.39 is 0 Å². The minimum absolute atomic E-state index is 0.300. The summed E-state index contributed by atoms with van der Waals surface area (Å²) >= 11 is 1.99. The molecule has 104 valence electrons. The number of rotatable bonds is 6. The van der Waals surface area contributed by atoms with Gasteiger partial charge in [0.2, 0.25) is 0 Å². The maximum Gasteiger partial charge on any atom is 0.265 e. The molecule has 0 saturated heterocycles. The molecule has 0 bridgehead atoms. The average Bonchev–Trinajstić information content (AvgIpc) is 2.96. The van der Waals surface area contributed by atoms with Crippen LogP contribution in [0.4, 0.5) is 0 Å². The minimum Gasteiger partial charge on any atom is -0.493 e. The number of carbonyl (C=O) groups is 1. The molecule has 0 aromatic heterocycles. The van der Waals surface area contributed by atoms with Gasteiger partial charge in [-0.15, -0.1) is 0 Å². The van der Waals surface area contributed by atoms with Crippen LogP contribution < -0.4 is 16.0 Å². The largest absolute Gasteiger partial charge is 0.493 e. The number of carbonyl (C=O) groups excluding carboxylic acids is 1. The second-order valence-corrected chi connectivity index (χ2v) is 6.04. The van der Waals surface area contributed by atoms with Crippen LogP contribution in [0.3, 0.4) is 0 Å². The Morgan fingerprint density at radius 3 is 2.95 bits per heavy atom. The van der Waals surface area contributed by atoms with Crippen molar-refractivity contribution in [3.8, 4) is 5.75 Å². The number of thioether (sulfide) groups is 1. The summed E-state index contributed by atoms with van der Waals surface area (Å²) in [5.74, 6) is 6.52. The molecule has 1 amide bonds. The van der Waals surface area contributed by atoms with Gasteiger partial charge in [0.15, 0.2) is 0 Å². The molecule has 5 heteroatoms. The van der Waals surface area contributed by atoms with Crippen molar-refractivity contribution < 1.29 is 9.53 Å². The highest BCUT2D eigenvalue weighted by Gasteiger charge is 2.14. The van der Waals surface area contributed by atoms with Crippen LogP contribution >= 0.6 is 11.8 Å². The summed E-state index contributed by atoms with van der Waals surface area (Å²) in [5.41, 5.74) is 2.63. The van der Waals surface area contributed by atoms with Crippen molar-refractivity contribution in [2.45, 2.75) is 30.9 Å². The Kier molecular flexibility index (Phi) is 5.54. The van der Waals surface area contributed by atoms with E-state index in [1.165, 1.54) is 25.7 Å². The molecule has 1 fully saturated rings. The number of benzene rings is 1. The van der Waals surface area contributed by atoms with Gasteiger partial charge in [-0.25, -0.2) is 5.84 Å². The molecule has 1 aromatic rings. The van der Waals surface area contributed by atoms with Gasteiger partial charge in [-0.2, -0.15) is 11.8 Å². The maximum absolute atomic E-state index is 11.4. The van der Waals surface area contributed by atoms with Gasteiger partial charge in [0, 0.05) is 16.6 Å². The summed E-state index contributed by atoms with van der Waals surface area (Å²) in [6, 6.07) is 7.07. The lowest BCUT2D eigenvalue weighted by molar-refractivity contribution is 0.0953. The molecule has 19 heavy (non-hydrogen) atoms. The maximum atomic E-state index is 11.4. The van der Waals surface area contributed by atoms with Crippen LogP contribution in [0.2, 0.25) is 0 Å². The molecule has 3 N–H and O–H groups in total. The first kappa shape index (κ1) is 14.2. The standard InChI is InChI=1S/C14H20N2O2S/c15-16-14(17)11-4-3-5-12(10-11)18-8-9-19-13-6-1-2-7-13/h3-5,10,13H,1-2,6-9,15H2,(H,16,17). The Labute approximate surface area is 118 Å². The number of ether oxygens (including phenoxy) is 1. The van der Waals surface area contributed by atoms with Gasteiger partial charge in [0.25, 0.3) is 5.91 Å². The summed E-state index contributed by atoms with van der Waals surface area (Å²) < 4.78 is 5.66. The van der Waals surface area contributed by atoms with Crippen LogP contribution in [0.1, 0.15) is 36.0 Å². The van der Waals surface area contributed by atoms with E-state index in [9.17, 15) is 4.79 Å². The number of amides is 1. The number of nitrogens with two attached hydrogens (primary N) is 1. The van der Waals surface area contributed by atoms with Crippen LogP contribution in [0.5, 0.6) is 5.75 Å². The zero-order valence-corrected chi connectivity index (χ0v) is 11.7. The van der Waals surface area contributed by atoms with Crippen LogP contribution in [0, 0.1) is 0 Å². The average molecular weight is 280 g/mol. The summed E-state index contributed by atoms with van der Waals surface area (Å²) in [5, 5.41) is 0.818. The smallest absolute Gasteiger partial charge is 0.265 e. The van der Waals surface area contributed by atoms with Crippen LogP contribution in [0.15, 0.2) is 24.3 Å². The van der Waals surface area contributed by atoms with Gasteiger partial charge in [-0.3, -0.25) is 10.2 Å². The number of hydrazine groups is 1. The van der Waals surface area contributed by atoms with Gasteiger partial charge in [-0.05, 0) is 31.0 Å². The zero-order valence-electron chi connectivity index (χ0n) is 10.9. The molecule has 0 radical (unpaired) electrons. The second-order valence-electron chi connectivity index (χ2n) is 4.63. The molecular weight excluding hydrogens is 260 g/mol. The predicted molar refractivity (Wildman–Crippen MR) is 78.3 cm³/mol. The van der Waals surface area contributed by atoms with Crippen molar-refractivity contribution in [2.24, 2.45) is 5.84 Å². The lowest BCUT2D eigenvalue weighted by Gasteiger charge is -2.10. The number of nitrogens with one attached hydrogen (secondary N) is 1. The fourth-order valence-corrected chi connectivity index (χ4v) is 3.42. The monoisotopic (exact) mass is 280 g/mol. The van der Waals surface area contributed by atoms with E-state index in [2.05, 4.69) is 5.43 Å². The molecule has 0 unspecified atom stereocenters. The molecule has 1 aromatic carbocycles. The van der Waals surface area contributed by atoms with E-state index in [4.69, 9.17) is 10.6 Å². The molecule has 1 aliphatic carbocycles. The highest BCUT2D eigenvalue weighted by Crippen LogP contribution is 2.29. The Morgan fingerprint density at radius 1 is 1.42 bits per heavy atom.